The first-order chi connectivity index (χ1) is 17.9. The quantitative estimate of drug-likeness (QED) is 0.571. The van der Waals surface area contributed by atoms with Crippen molar-refractivity contribution in [2.75, 3.05) is 32.8 Å². The van der Waals surface area contributed by atoms with Crippen molar-refractivity contribution in [1.82, 2.24) is 19.4 Å². The molecule has 2 aromatic carbocycles. The molecule has 198 valence electrons. The van der Waals surface area contributed by atoms with E-state index in [9.17, 15) is 13.2 Å². The largest absolute Gasteiger partial charge is 0.492 e. The van der Waals surface area contributed by atoms with E-state index in [2.05, 4.69) is 33.9 Å². The van der Waals surface area contributed by atoms with Crippen molar-refractivity contribution in [3.63, 3.8) is 0 Å². The monoisotopic (exact) mass is 524 g/mol. The summed E-state index contributed by atoms with van der Waals surface area (Å²) in [6.07, 6.45) is 4.61. The Hall–Kier alpha value is -2.62. The van der Waals surface area contributed by atoms with Gasteiger partial charge in [-0.2, -0.15) is 0 Å². The molecule has 3 heterocycles. The molecule has 0 unspecified atom stereocenters. The van der Waals surface area contributed by atoms with Gasteiger partial charge in [0.25, 0.3) is 0 Å². The number of rotatable bonds is 8. The predicted octanol–water partition coefficient (Wildman–Crippen LogP) is 3.56. The number of nitrogens with zero attached hydrogens (tertiary/aromatic N) is 3. The van der Waals surface area contributed by atoms with Crippen molar-refractivity contribution < 1.29 is 17.9 Å². The SMILES string of the molecule is O=C(N1CCC1)N1CCC(COc2ccc(CN3Cc4ccccc4C3)cc2S(=O)(=O)NC2CC2)CC1. The summed E-state index contributed by atoms with van der Waals surface area (Å²) in [5, 5.41) is 0. The lowest BCUT2D eigenvalue weighted by atomic mass is 9.98. The Balaban J connectivity index is 1.11. The lowest BCUT2D eigenvalue weighted by molar-refractivity contribution is 0.101. The van der Waals surface area contributed by atoms with E-state index in [1.165, 1.54) is 11.1 Å². The van der Waals surface area contributed by atoms with Crippen LogP contribution in [-0.2, 0) is 29.7 Å². The zero-order chi connectivity index (χ0) is 25.4. The fraction of sp³-hybridized carbons (Fsp3) is 0.536. The smallest absolute Gasteiger partial charge is 0.319 e. The first kappa shape index (κ1) is 24.7. The minimum Gasteiger partial charge on any atom is -0.492 e. The van der Waals surface area contributed by atoms with Gasteiger partial charge in [0.1, 0.15) is 10.6 Å². The van der Waals surface area contributed by atoms with Gasteiger partial charge < -0.3 is 14.5 Å². The second kappa shape index (κ2) is 10.3. The zero-order valence-corrected chi connectivity index (χ0v) is 22.1. The number of benzene rings is 2. The van der Waals surface area contributed by atoms with Crippen LogP contribution in [0.3, 0.4) is 0 Å². The average Bonchev–Trinajstić information content (AvgIpc) is 3.57. The van der Waals surface area contributed by atoms with Gasteiger partial charge in [-0.25, -0.2) is 17.9 Å². The maximum atomic E-state index is 13.3. The van der Waals surface area contributed by atoms with Crippen molar-refractivity contribution in [2.45, 2.75) is 62.7 Å². The number of urea groups is 1. The summed E-state index contributed by atoms with van der Waals surface area (Å²) in [5.41, 5.74) is 3.64. The third kappa shape index (κ3) is 5.63. The Morgan fingerprint density at radius 2 is 1.59 bits per heavy atom. The Kier molecular flexibility index (Phi) is 6.86. The summed E-state index contributed by atoms with van der Waals surface area (Å²) in [5.74, 6) is 0.718. The van der Waals surface area contributed by atoms with E-state index < -0.39 is 10.0 Å². The molecular formula is C28H36N4O4S. The molecule has 6 rings (SSSR count). The number of hydrogen-bond donors (Lipinski definition) is 1. The molecule has 9 heteroatoms. The molecule has 1 saturated carbocycles. The molecule has 1 aliphatic carbocycles. The van der Waals surface area contributed by atoms with Crippen LogP contribution in [0.1, 0.15) is 48.8 Å². The standard InChI is InChI=1S/C28H36N4O4S/c33-28(31-12-3-13-31)32-14-10-21(11-15-32)20-36-26-9-6-22(16-27(26)37(34,35)29-25-7-8-25)17-30-18-23-4-1-2-5-24(23)19-30/h1-2,4-6,9,16,21,25,29H,3,7-8,10-15,17-20H2. The molecule has 0 bridgehead atoms. The molecular weight excluding hydrogens is 488 g/mol. The van der Waals surface area contributed by atoms with Crippen LogP contribution in [0, 0.1) is 5.92 Å². The van der Waals surface area contributed by atoms with Crippen LogP contribution in [0.4, 0.5) is 4.79 Å². The molecule has 37 heavy (non-hydrogen) atoms. The first-order valence-electron chi connectivity index (χ1n) is 13.6. The van der Waals surface area contributed by atoms with Crippen molar-refractivity contribution in [3.05, 3.63) is 59.2 Å². The van der Waals surface area contributed by atoms with E-state index in [0.717, 1.165) is 76.9 Å². The fourth-order valence-electron chi connectivity index (χ4n) is 5.44. The third-order valence-corrected chi connectivity index (χ3v) is 9.54. The Bertz CT molecular complexity index is 1230. The van der Waals surface area contributed by atoms with Gasteiger partial charge in [-0.15, -0.1) is 0 Å². The number of ether oxygens (including phenoxy) is 1. The maximum Gasteiger partial charge on any atom is 0.319 e. The van der Waals surface area contributed by atoms with E-state index in [-0.39, 0.29) is 17.0 Å². The highest BCUT2D eigenvalue weighted by atomic mass is 32.2. The topological polar surface area (TPSA) is 82.2 Å². The molecule has 0 spiro atoms. The second-order valence-corrected chi connectivity index (χ2v) is 12.6. The van der Waals surface area contributed by atoms with Crippen LogP contribution in [-0.4, -0.2) is 68.0 Å². The zero-order valence-electron chi connectivity index (χ0n) is 21.3. The molecule has 0 atom stereocenters. The Morgan fingerprint density at radius 1 is 0.919 bits per heavy atom. The maximum absolute atomic E-state index is 13.3. The highest BCUT2D eigenvalue weighted by Gasteiger charge is 2.32. The minimum absolute atomic E-state index is 0.0304. The molecule has 8 nitrogen and oxygen atoms in total. The number of amides is 2. The van der Waals surface area contributed by atoms with Crippen LogP contribution in [0.2, 0.25) is 0 Å². The summed E-state index contributed by atoms with van der Waals surface area (Å²) < 4.78 is 35.6. The number of carbonyl (C=O) groups excluding carboxylic acids is 1. The highest BCUT2D eigenvalue weighted by molar-refractivity contribution is 7.89. The number of nitrogens with one attached hydrogen (secondary N) is 1. The number of carbonyl (C=O) groups is 1. The Labute approximate surface area is 219 Å². The first-order valence-corrected chi connectivity index (χ1v) is 15.0. The van der Waals surface area contributed by atoms with Crippen LogP contribution < -0.4 is 9.46 Å². The van der Waals surface area contributed by atoms with Gasteiger partial charge in [-0.3, -0.25) is 4.90 Å². The lowest BCUT2D eigenvalue weighted by Gasteiger charge is -2.39. The molecule has 0 aromatic heterocycles. The van der Waals surface area contributed by atoms with E-state index in [1.54, 1.807) is 6.07 Å². The molecule has 2 aromatic rings. The van der Waals surface area contributed by atoms with Crippen molar-refractivity contribution in [3.8, 4) is 5.75 Å². The second-order valence-electron chi connectivity index (χ2n) is 11.0. The van der Waals surface area contributed by atoms with E-state index in [1.807, 2.05) is 21.9 Å². The van der Waals surface area contributed by atoms with Gasteiger partial charge in [-0.1, -0.05) is 30.3 Å². The molecule has 0 radical (unpaired) electrons. The van der Waals surface area contributed by atoms with Gasteiger partial charge in [0, 0.05) is 51.9 Å². The van der Waals surface area contributed by atoms with Crippen LogP contribution in [0.15, 0.2) is 47.4 Å². The van der Waals surface area contributed by atoms with E-state index in [0.29, 0.717) is 24.8 Å². The van der Waals surface area contributed by atoms with Gasteiger partial charge in [0.15, 0.2) is 0 Å². The normalized spacial score (nSPS) is 20.5. The van der Waals surface area contributed by atoms with Crippen molar-refractivity contribution in [1.29, 1.82) is 0 Å². The van der Waals surface area contributed by atoms with Crippen LogP contribution in [0.25, 0.3) is 0 Å². The van der Waals surface area contributed by atoms with E-state index >= 15 is 0 Å². The molecule has 4 aliphatic rings. The number of piperidine rings is 1. The lowest BCUT2D eigenvalue weighted by Crippen LogP contribution is -2.52. The molecule has 3 aliphatic heterocycles. The fourth-order valence-corrected chi connectivity index (χ4v) is 6.94. The van der Waals surface area contributed by atoms with Crippen LogP contribution in [0.5, 0.6) is 5.75 Å². The number of fused-ring (bicyclic) bond motifs is 1. The summed E-state index contributed by atoms with van der Waals surface area (Å²) in [4.78, 5) is 18.9. The number of sulfonamides is 1. The molecule has 3 fully saturated rings. The van der Waals surface area contributed by atoms with E-state index in [4.69, 9.17) is 4.74 Å². The number of likely N-dealkylation sites (tertiary alicyclic amines) is 2. The highest BCUT2D eigenvalue weighted by Crippen LogP contribution is 2.31. The minimum atomic E-state index is -3.67. The average molecular weight is 525 g/mol. The van der Waals surface area contributed by atoms with Crippen LogP contribution >= 0.6 is 0 Å². The summed E-state index contributed by atoms with van der Waals surface area (Å²) >= 11 is 0. The third-order valence-electron chi connectivity index (χ3n) is 8.00. The van der Waals surface area contributed by atoms with Gasteiger partial charge in [-0.05, 0) is 66.8 Å². The Morgan fingerprint density at radius 3 is 2.22 bits per heavy atom. The van der Waals surface area contributed by atoms with Gasteiger partial charge >= 0.3 is 6.03 Å². The predicted molar refractivity (Wildman–Crippen MR) is 141 cm³/mol. The van der Waals surface area contributed by atoms with Gasteiger partial charge in [0.05, 0.1) is 6.61 Å². The number of hydrogen-bond acceptors (Lipinski definition) is 5. The van der Waals surface area contributed by atoms with Crippen molar-refractivity contribution >= 4 is 16.1 Å². The summed E-state index contributed by atoms with van der Waals surface area (Å²) in [6, 6.07) is 14.2. The summed E-state index contributed by atoms with van der Waals surface area (Å²) in [6.45, 7) is 6.09. The molecule has 2 amide bonds. The van der Waals surface area contributed by atoms with Crippen molar-refractivity contribution in [2.24, 2.45) is 5.92 Å². The molecule has 2 saturated heterocycles. The summed E-state index contributed by atoms with van der Waals surface area (Å²) in [7, 11) is -3.67. The van der Waals surface area contributed by atoms with Gasteiger partial charge in [0.2, 0.25) is 10.0 Å². The molecule has 1 N–H and O–H groups in total.